The van der Waals surface area contributed by atoms with Crippen LogP contribution in [0.4, 0.5) is 13.2 Å². The van der Waals surface area contributed by atoms with Gasteiger partial charge in [0, 0.05) is 6.54 Å². The number of amides is 1. The minimum Gasteiger partial charge on any atom is -0.356 e. The molecule has 0 saturated heterocycles. The van der Waals surface area contributed by atoms with E-state index in [-0.39, 0.29) is 5.91 Å². The molecule has 0 unspecified atom stereocenters. The summed E-state index contributed by atoms with van der Waals surface area (Å²) >= 11 is 0. The number of rotatable bonds is 4. The minimum absolute atomic E-state index is 0.0511. The molecule has 5 heteroatoms. The van der Waals surface area contributed by atoms with Crippen LogP contribution in [0.1, 0.15) is 18.1 Å². The molecule has 0 aromatic heterocycles. The van der Waals surface area contributed by atoms with Crippen molar-refractivity contribution in [2.75, 3.05) is 6.54 Å². The molecule has 0 spiro atoms. The van der Waals surface area contributed by atoms with Crippen molar-refractivity contribution in [3.63, 3.8) is 0 Å². The maximum atomic E-state index is 12.5. The van der Waals surface area contributed by atoms with Gasteiger partial charge in [-0.25, -0.2) is 0 Å². The van der Waals surface area contributed by atoms with E-state index in [0.29, 0.717) is 18.5 Å². The van der Waals surface area contributed by atoms with Gasteiger partial charge in [0.15, 0.2) is 0 Å². The van der Waals surface area contributed by atoms with Crippen molar-refractivity contribution in [1.29, 1.82) is 0 Å². The molecule has 0 bridgehead atoms. The fourth-order valence-electron chi connectivity index (χ4n) is 2.11. The summed E-state index contributed by atoms with van der Waals surface area (Å²) in [5.74, 6) is -0.0511. The van der Waals surface area contributed by atoms with Gasteiger partial charge in [0.25, 0.3) is 0 Å². The Labute approximate surface area is 127 Å². The smallest absolute Gasteiger partial charge is 0.356 e. The van der Waals surface area contributed by atoms with Gasteiger partial charge >= 0.3 is 6.18 Å². The first-order valence-electron chi connectivity index (χ1n) is 6.93. The molecule has 0 radical (unpaired) electrons. The van der Waals surface area contributed by atoms with E-state index in [9.17, 15) is 18.0 Å². The molecule has 2 rings (SSSR count). The summed E-state index contributed by atoms with van der Waals surface area (Å²) in [5, 5.41) is 2.72. The van der Waals surface area contributed by atoms with E-state index in [0.717, 1.165) is 23.3 Å². The van der Waals surface area contributed by atoms with Crippen LogP contribution < -0.4 is 5.32 Å². The Kier molecular flexibility index (Phi) is 4.85. The van der Waals surface area contributed by atoms with Crippen molar-refractivity contribution < 1.29 is 18.0 Å². The van der Waals surface area contributed by atoms with Gasteiger partial charge in [-0.05, 0) is 35.7 Å². The lowest BCUT2D eigenvalue weighted by atomic mass is 10.0. The highest BCUT2D eigenvalue weighted by Gasteiger charge is 2.29. The van der Waals surface area contributed by atoms with Crippen LogP contribution in [0.25, 0.3) is 11.1 Å². The number of hydrogen-bond acceptors (Lipinski definition) is 1. The number of hydrogen-bond donors (Lipinski definition) is 1. The van der Waals surface area contributed by atoms with Crippen LogP contribution in [-0.4, -0.2) is 12.5 Å². The molecule has 0 saturated carbocycles. The summed E-state index contributed by atoms with van der Waals surface area (Å²) in [6, 6.07) is 12.2. The summed E-state index contributed by atoms with van der Waals surface area (Å²) in [4.78, 5) is 11.5. The van der Waals surface area contributed by atoms with E-state index >= 15 is 0 Å². The van der Waals surface area contributed by atoms with Crippen molar-refractivity contribution in [2.45, 2.75) is 19.5 Å². The second-order valence-corrected chi connectivity index (χ2v) is 4.90. The Morgan fingerprint density at radius 3 is 1.91 bits per heavy atom. The van der Waals surface area contributed by atoms with Gasteiger partial charge in [0.05, 0.1) is 12.0 Å². The average molecular weight is 307 g/mol. The lowest BCUT2D eigenvalue weighted by Gasteiger charge is -2.08. The number of benzene rings is 2. The third-order valence-corrected chi connectivity index (χ3v) is 3.24. The molecule has 22 heavy (non-hydrogen) atoms. The Bertz CT molecular complexity index is 630. The number of nitrogens with one attached hydrogen (secondary N) is 1. The first kappa shape index (κ1) is 16.1. The van der Waals surface area contributed by atoms with Gasteiger partial charge in [0.1, 0.15) is 0 Å². The molecule has 0 aliphatic carbocycles. The Hall–Kier alpha value is -2.30. The molecular formula is C17H16F3NO. The van der Waals surface area contributed by atoms with Gasteiger partial charge in [-0.15, -0.1) is 0 Å². The number of likely N-dealkylation sites (N-methyl/N-ethyl adjacent to an activating group) is 1. The van der Waals surface area contributed by atoms with Crippen LogP contribution in [0, 0.1) is 0 Å². The highest BCUT2D eigenvalue weighted by atomic mass is 19.4. The summed E-state index contributed by atoms with van der Waals surface area (Å²) in [5.41, 5.74) is 1.72. The number of halogens is 3. The molecule has 116 valence electrons. The Morgan fingerprint density at radius 1 is 0.955 bits per heavy atom. The first-order chi connectivity index (χ1) is 10.4. The van der Waals surface area contributed by atoms with Crippen LogP contribution >= 0.6 is 0 Å². The first-order valence-corrected chi connectivity index (χ1v) is 6.93. The molecule has 0 fully saturated rings. The van der Waals surface area contributed by atoms with Gasteiger partial charge < -0.3 is 5.32 Å². The quantitative estimate of drug-likeness (QED) is 0.907. The second kappa shape index (κ2) is 6.64. The van der Waals surface area contributed by atoms with E-state index < -0.39 is 11.7 Å². The molecule has 2 aromatic rings. The van der Waals surface area contributed by atoms with E-state index in [4.69, 9.17) is 0 Å². The van der Waals surface area contributed by atoms with Gasteiger partial charge in [0.2, 0.25) is 5.91 Å². The van der Waals surface area contributed by atoms with E-state index in [1.165, 1.54) is 12.1 Å². The third-order valence-electron chi connectivity index (χ3n) is 3.24. The number of alkyl halides is 3. The molecular weight excluding hydrogens is 291 g/mol. The van der Waals surface area contributed by atoms with E-state index in [1.54, 1.807) is 12.1 Å². The van der Waals surface area contributed by atoms with Crippen LogP contribution in [0.2, 0.25) is 0 Å². The lowest BCUT2D eigenvalue weighted by molar-refractivity contribution is -0.137. The van der Waals surface area contributed by atoms with Crippen LogP contribution in [0.15, 0.2) is 48.5 Å². The van der Waals surface area contributed by atoms with E-state index in [1.807, 2.05) is 19.1 Å². The predicted octanol–water partition coefficient (Wildman–Crippen LogP) is 4.05. The van der Waals surface area contributed by atoms with Crippen molar-refractivity contribution in [3.8, 4) is 11.1 Å². The topological polar surface area (TPSA) is 29.1 Å². The van der Waals surface area contributed by atoms with Crippen LogP contribution in [-0.2, 0) is 17.4 Å². The maximum absolute atomic E-state index is 12.5. The monoisotopic (exact) mass is 307 g/mol. The van der Waals surface area contributed by atoms with Crippen molar-refractivity contribution in [2.24, 2.45) is 0 Å². The number of carbonyl (C=O) groups is 1. The number of carbonyl (C=O) groups excluding carboxylic acids is 1. The Morgan fingerprint density at radius 2 is 1.45 bits per heavy atom. The zero-order chi connectivity index (χ0) is 16.2. The zero-order valence-corrected chi connectivity index (χ0v) is 12.1. The summed E-state index contributed by atoms with van der Waals surface area (Å²) in [6.45, 7) is 2.44. The molecule has 0 aliphatic rings. The predicted molar refractivity (Wildman–Crippen MR) is 79.3 cm³/mol. The standard InChI is InChI=1S/C17H16F3NO/c1-2-21-16(22)11-12-3-5-13(6-4-12)14-7-9-15(10-8-14)17(18,19)20/h3-10H,2,11H2,1H3,(H,21,22). The molecule has 1 N–H and O–H groups in total. The lowest BCUT2D eigenvalue weighted by Crippen LogP contribution is -2.24. The van der Waals surface area contributed by atoms with Crippen LogP contribution in [0.5, 0.6) is 0 Å². The second-order valence-electron chi connectivity index (χ2n) is 4.90. The summed E-state index contributed by atoms with van der Waals surface area (Å²) in [6.07, 6.45) is -4.03. The fourth-order valence-corrected chi connectivity index (χ4v) is 2.11. The highest BCUT2D eigenvalue weighted by molar-refractivity contribution is 5.78. The third kappa shape index (κ3) is 4.10. The Balaban J connectivity index is 2.12. The summed E-state index contributed by atoms with van der Waals surface area (Å²) in [7, 11) is 0. The maximum Gasteiger partial charge on any atom is 0.416 e. The molecule has 0 aliphatic heterocycles. The SMILES string of the molecule is CCNC(=O)Cc1ccc(-c2ccc(C(F)(F)F)cc2)cc1. The molecule has 0 atom stereocenters. The minimum atomic E-state index is -4.32. The van der Waals surface area contributed by atoms with Crippen molar-refractivity contribution in [1.82, 2.24) is 5.32 Å². The highest BCUT2D eigenvalue weighted by Crippen LogP contribution is 2.31. The van der Waals surface area contributed by atoms with Crippen LogP contribution in [0.3, 0.4) is 0 Å². The van der Waals surface area contributed by atoms with Crippen molar-refractivity contribution >= 4 is 5.91 Å². The van der Waals surface area contributed by atoms with Gasteiger partial charge in [-0.3, -0.25) is 4.79 Å². The molecule has 0 heterocycles. The van der Waals surface area contributed by atoms with Crippen molar-refractivity contribution in [3.05, 3.63) is 59.7 Å². The van der Waals surface area contributed by atoms with E-state index in [2.05, 4.69) is 5.32 Å². The zero-order valence-electron chi connectivity index (χ0n) is 12.1. The van der Waals surface area contributed by atoms with Gasteiger partial charge in [-0.1, -0.05) is 36.4 Å². The summed E-state index contributed by atoms with van der Waals surface area (Å²) < 4.78 is 37.6. The average Bonchev–Trinajstić information content (AvgIpc) is 2.47. The van der Waals surface area contributed by atoms with Gasteiger partial charge in [-0.2, -0.15) is 13.2 Å². The molecule has 2 nitrogen and oxygen atoms in total. The molecule has 1 amide bonds. The normalized spacial score (nSPS) is 11.3. The fraction of sp³-hybridized carbons (Fsp3) is 0.235. The largest absolute Gasteiger partial charge is 0.416 e. The molecule has 2 aromatic carbocycles.